The van der Waals surface area contributed by atoms with E-state index in [1.165, 1.54) is 0 Å². The fraction of sp³-hybridized carbons (Fsp3) is 0.500. The molecule has 2 heterocycles. The Hall–Kier alpha value is -1.57. The zero-order valence-corrected chi connectivity index (χ0v) is 7.86. The van der Waals surface area contributed by atoms with Crippen LogP contribution in [0.1, 0.15) is 12.1 Å². The molecule has 1 fully saturated rings. The highest BCUT2D eigenvalue weighted by atomic mass is 19.4. The number of hydrogen-bond acceptors (Lipinski definition) is 4. The molecule has 5 nitrogen and oxygen atoms in total. The average Bonchev–Trinajstić information content (AvgIpc) is 2.70. The van der Waals surface area contributed by atoms with Crippen LogP contribution < -0.4 is 4.90 Å². The Balaban J connectivity index is 2.23. The Morgan fingerprint density at radius 2 is 2.25 bits per heavy atom. The smallest absolute Gasteiger partial charge is 0.431 e. The molecule has 1 aromatic heterocycles. The van der Waals surface area contributed by atoms with Gasteiger partial charge < -0.3 is 9.52 Å². The van der Waals surface area contributed by atoms with Gasteiger partial charge in [0.25, 0.3) is 0 Å². The molecule has 8 heteroatoms. The highest BCUT2D eigenvalue weighted by Crippen LogP contribution is 2.31. The average molecular weight is 236 g/mol. The molecule has 0 radical (unpaired) electrons. The normalized spacial score (nSPS) is 21.9. The van der Waals surface area contributed by atoms with Crippen LogP contribution in [0, 0.1) is 0 Å². The number of oxazole rings is 1. The van der Waals surface area contributed by atoms with E-state index in [4.69, 9.17) is 5.11 Å². The third-order valence-electron chi connectivity index (χ3n) is 2.12. The molecule has 1 saturated heterocycles. The highest BCUT2D eigenvalue weighted by molar-refractivity contribution is 5.94. The number of aliphatic hydroxyl groups excluding tert-OH is 1. The first kappa shape index (κ1) is 10.9. The molecule has 1 aliphatic rings. The van der Waals surface area contributed by atoms with Gasteiger partial charge in [0, 0.05) is 0 Å². The number of halogens is 3. The first-order valence-electron chi connectivity index (χ1n) is 4.39. The number of rotatable bonds is 1. The van der Waals surface area contributed by atoms with Crippen LogP contribution in [0.3, 0.4) is 0 Å². The lowest BCUT2D eigenvalue weighted by atomic mass is 10.3. The Morgan fingerprint density at radius 1 is 1.56 bits per heavy atom. The molecule has 1 unspecified atom stereocenters. The molecule has 1 amide bonds. The van der Waals surface area contributed by atoms with Gasteiger partial charge in [0.15, 0.2) is 5.69 Å². The fourth-order valence-electron chi connectivity index (χ4n) is 1.39. The summed E-state index contributed by atoms with van der Waals surface area (Å²) >= 11 is 0. The standard InChI is InChI=1S/C8H7F3N2O3/c9-8(10,11)5-3-16-7(12-5)13-2-4(14)1-6(13)15/h3-4,14H,1-2H2. The van der Waals surface area contributed by atoms with Crippen LogP contribution >= 0.6 is 0 Å². The Bertz CT molecular complexity index is 415. The summed E-state index contributed by atoms with van der Waals surface area (Å²) in [5.74, 6) is -0.511. The number of carbonyl (C=O) groups excluding carboxylic acids is 1. The minimum Gasteiger partial charge on any atom is -0.431 e. The number of carbonyl (C=O) groups is 1. The summed E-state index contributed by atoms with van der Waals surface area (Å²) in [5.41, 5.74) is -1.20. The quantitative estimate of drug-likeness (QED) is 0.782. The molecule has 2 rings (SSSR count). The molecule has 0 aliphatic carbocycles. The van der Waals surface area contributed by atoms with Crippen molar-refractivity contribution in [2.75, 3.05) is 11.4 Å². The van der Waals surface area contributed by atoms with E-state index >= 15 is 0 Å². The second-order valence-corrected chi connectivity index (χ2v) is 3.38. The Kier molecular flexibility index (Phi) is 2.38. The molecule has 88 valence electrons. The van der Waals surface area contributed by atoms with Gasteiger partial charge in [0.1, 0.15) is 6.26 Å². The van der Waals surface area contributed by atoms with Gasteiger partial charge in [-0.2, -0.15) is 18.2 Å². The van der Waals surface area contributed by atoms with Crippen LogP contribution in [0.25, 0.3) is 0 Å². The van der Waals surface area contributed by atoms with E-state index in [9.17, 15) is 18.0 Å². The van der Waals surface area contributed by atoms with Crippen molar-refractivity contribution in [2.45, 2.75) is 18.7 Å². The molecule has 1 atom stereocenters. The van der Waals surface area contributed by atoms with E-state index in [2.05, 4.69) is 9.40 Å². The maximum absolute atomic E-state index is 12.2. The van der Waals surface area contributed by atoms with E-state index in [0.717, 1.165) is 4.90 Å². The summed E-state index contributed by atoms with van der Waals surface area (Å²) in [4.78, 5) is 15.3. The van der Waals surface area contributed by atoms with Crippen LogP contribution in [-0.4, -0.2) is 28.6 Å². The Morgan fingerprint density at radius 3 is 2.69 bits per heavy atom. The van der Waals surface area contributed by atoms with Crippen molar-refractivity contribution < 1.29 is 27.5 Å². The maximum atomic E-state index is 12.2. The predicted octanol–water partition coefficient (Wildman–Crippen LogP) is 0.791. The van der Waals surface area contributed by atoms with E-state index in [-0.39, 0.29) is 13.0 Å². The molecule has 0 aromatic carbocycles. The van der Waals surface area contributed by atoms with E-state index in [1.54, 1.807) is 0 Å². The molecule has 0 bridgehead atoms. The number of nitrogens with zero attached hydrogens (tertiary/aromatic N) is 2. The van der Waals surface area contributed by atoms with Gasteiger partial charge in [-0.1, -0.05) is 0 Å². The SMILES string of the molecule is O=C1CC(O)CN1c1nc(C(F)(F)F)co1. The van der Waals surface area contributed by atoms with E-state index < -0.39 is 29.9 Å². The summed E-state index contributed by atoms with van der Waals surface area (Å²) in [6.45, 7) is -0.101. The topological polar surface area (TPSA) is 66.6 Å². The number of aromatic nitrogens is 1. The molecule has 1 N–H and O–H groups in total. The third-order valence-corrected chi connectivity index (χ3v) is 2.12. The largest absolute Gasteiger partial charge is 0.436 e. The minimum atomic E-state index is -4.61. The summed E-state index contributed by atoms with van der Waals surface area (Å²) in [5, 5.41) is 9.14. The number of hydrogen-bond donors (Lipinski definition) is 1. The summed E-state index contributed by atoms with van der Waals surface area (Å²) in [6, 6.07) is -0.436. The van der Waals surface area contributed by atoms with Gasteiger partial charge >= 0.3 is 12.2 Å². The van der Waals surface area contributed by atoms with E-state index in [1.807, 2.05) is 0 Å². The lowest BCUT2D eigenvalue weighted by Crippen LogP contribution is -2.25. The van der Waals surface area contributed by atoms with Crippen molar-refractivity contribution in [3.05, 3.63) is 12.0 Å². The maximum Gasteiger partial charge on any atom is 0.436 e. The van der Waals surface area contributed by atoms with Crippen molar-refractivity contribution >= 4 is 11.9 Å². The predicted molar refractivity (Wildman–Crippen MR) is 44.5 cm³/mol. The van der Waals surface area contributed by atoms with Gasteiger partial charge in [-0.3, -0.25) is 9.69 Å². The number of aliphatic hydroxyl groups is 1. The Labute approximate surface area is 87.5 Å². The zero-order chi connectivity index (χ0) is 11.9. The van der Waals surface area contributed by atoms with Crippen LogP contribution in [0.4, 0.5) is 19.2 Å². The molecule has 0 saturated carbocycles. The summed E-state index contributed by atoms with van der Waals surface area (Å²) < 4.78 is 41.1. The molecule has 0 spiro atoms. The summed E-state index contributed by atoms with van der Waals surface area (Å²) in [6.07, 6.45) is -5.20. The monoisotopic (exact) mass is 236 g/mol. The van der Waals surface area contributed by atoms with Crippen molar-refractivity contribution in [1.82, 2.24) is 4.98 Å². The lowest BCUT2D eigenvalue weighted by molar-refractivity contribution is -0.141. The summed E-state index contributed by atoms with van der Waals surface area (Å²) in [7, 11) is 0. The van der Waals surface area contributed by atoms with Crippen LogP contribution in [0.5, 0.6) is 0 Å². The second kappa shape index (κ2) is 3.48. The number of anilines is 1. The zero-order valence-electron chi connectivity index (χ0n) is 7.86. The van der Waals surface area contributed by atoms with Crippen molar-refractivity contribution in [3.8, 4) is 0 Å². The minimum absolute atomic E-state index is 0.101. The number of alkyl halides is 3. The van der Waals surface area contributed by atoms with Crippen LogP contribution in [0.2, 0.25) is 0 Å². The second-order valence-electron chi connectivity index (χ2n) is 3.38. The van der Waals surface area contributed by atoms with Crippen molar-refractivity contribution in [3.63, 3.8) is 0 Å². The van der Waals surface area contributed by atoms with Crippen molar-refractivity contribution in [1.29, 1.82) is 0 Å². The molecular formula is C8H7F3N2O3. The van der Waals surface area contributed by atoms with Crippen molar-refractivity contribution in [2.24, 2.45) is 0 Å². The third kappa shape index (κ3) is 1.87. The first-order chi connectivity index (χ1) is 7.38. The molecule has 16 heavy (non-hydrogen) atoms. The first-order valence-corrected chi connectivity index (χ1v) is 4.39. The van der Waals surface area contributed by atoms with Gasteiger partial charge in [0.2, 0.25) is 5.91 Å². The number of amides is 1. The number of β-amino-alcohol motifs (C(OH)–C–C–N with tert-alkyl or cyclic N) is 1. The van der Waals surface area contributed by atoms with Gasteiger partial charge in [-0.05, 0) is 0 Å². The van der Waals surface area contributed by atoms with Crippen LogP contribution in [0.15, 0.2) is 10.7 Å². The van der Waals surface area contributed by atoms with E-state index in [0.29, 0.717) is 6.26 Å². The van der Waals surface area contributed by atoms with Gasteiger partial charge in [0.05, 0.1) is 19.1 Å². The highest BCUT2D eigenvalue weighted by Gasteiger charge is 2.38. The molecular weight excluding hydrogens is 229 g/mol. The molecule has 1 aromatic rings. The molecule has 1 aliphatic heterocycles. The fourth-order valence-corrected chi connectivity index (χ4v) is 1.39. The lowest BCUT2D eigenvalue weighted by Gasteiger charge is -2.09. The van der Waals surface area contributed by atoms with Crippen LogP contribution in [-0.2, 0) is 11.0 Å². The van der Waals surface area contributed by atoms with Gasteiger partial charge in [-0.15, -0.1) is 0 Å². The van der Waals surface area contributed by atoms with Gasteiger partial charge in [-0.25, -0.2) is 0 Å².